The molecule has 0 aliphatic heterocycles. The summed E-state index contributed by atoms with van der Waals surface area (Å²) in [6, 6.07) is 21.9. The highest BCUT2D eigenvalue weighted by Crippen LogP contribution is 2.26. The molecule has 188 valence electrons. The van der Waals surface area contributed by atoms with Gasteiger partial charge in [-0.15, -0.1) is 0 Å². The van der Waals surface area contributed by atoms with Crippen LogP contribution in [0.15, 0.2) is 72.8 Å². The molecule has 0 bridgehead atoms. The van der Waals surface area contributed by atoms with Gasteiger partial charge < -0.3 is 19.4 Å². The third-order valence-corrected chi connectivity index (χ3v) is 6.07. The van der Waals surface area contributed by atoms with Crippen LogP contribution in [0.3, 0.4) is 0 Å². The summed E-state index contributed by atoms with van der Waals surface area (Å²) in [6.45, 7) is 1.90. The molecular formula is C29H32FN3O3. The topological polar surface area (TPSA) is 65.4 Å². The van der Waals surface area contributed by atoms with Gasteiger partial charge in [0.1, 0.15) is 11.6 Å². The molecule has 0 unspecified atom stereocenters. The summed E-state index contributed by atoms with van der Waals surface area (Å²) in [5, 5.41) is 2.80. The molecule has 0 saturated carbocycles. The van der Waals surface area contributed by atoms with Crippen LogP contribution < -0.4 is 14.8 Å². The first-order valence-corrected chi connectivity index (χ1v) is 12.4. The smallest absolute Gasteiger partial charge is 0.254 e. The standard InChI is InChI=1S/C29H32FN3O3/c1-35-26-16-8-9-17-27(26)36-21-11-20-33-25-15-7-6-14-24(25)32-28(33)18-3-2-10-19-31-29(34)22-12-4-5-13-23(22)30/h4-9,12-17H,2-3,10-11,18-21H2,1H3,(H,31,34). The van der Waals surface area contributed by atoms with E-state index in [4.69, 9.17) is 14.5 Å². The zero-order chi connectivity index (χ0) is 25.2. The Kier molecular flexibility index (Phi) is 8.92. The lowest BCUT2D eigenvalue weighted by Crippen LogP contribution is -2.25. The van der Waals surface area contributed by atoms with Crippen LogP contribution in [0, 0.1) is 5.82 Å². The number of carbonyl (C=O) groups excluding carboxylic acids is 1. The second-order valence-electron chi connectivity index (χ2n) is 8.57. The molecule has 1 N–H and O–H groups in total. The number of para-hydroxylation sites is 4. The number of amides is 1. The fraction of sp³-hybridized carbons (Fsp3) is 0.310. The number of nitrogens with one attached hydrogen (secondary N) is 1. The molecule has 1 aromatic heterocycles. The third-order valence-electron chi connectivity index (χ3n) is 6.07. The number of aromatic nitrogens is 2. The molecule has 36 heavy (non-hydrogen) atoms. The average molecular weight is 490 g/mol. The molecular weight excluding hydrogens is 457 g/mol. The van der Waals surface area contributed by atoms with Crippen LogP contribution in [-0.4, -0.2) is 35.7 Å². The molecule has 1 heterocycles. The summed E-state index contributed by atoms with van der Waals surface area (Å²) in [7, 11) is 1.64. The van der Waals surface area contributed by atoms with Gasteiger partial charge in [-0.3, -0.25) is 4.79 Å². The van der Waals surface area contributed by atoms with Gasteiger partial charge in [-0.2, -0.15) is 0 Å². The first-order chi connectivity index (χ1) is 17.7. The summed E-state index contributed by atoms with van der Waals surface area (Å²) in [5.74, 6) is 1.67. The molecule has 0 aliphatic rings. The van der Waals surface area contributed by atoms with E-state index < -0.39 is 5.82 Å². The van der Waals surface area contributed by atoms with Crippen LogP contribution in [0.2, 0.25) is 0 Å². The molecule has 3 aromatic carbocycles. The van der Waals surface area contributed by atoms with Crippen molar-refractivity contribution in [2.24, 2.45) is 0 Å². The summed E-state index contributed by atoms with van der Waals surface area (Å²) in [6.07, 6.45) is 4.41. The van der Waals surface area contributed by atoms with Crippen molar-refractivity contribution in [1.29, 1.82) is 0 Å². The Morgan fingerprint density at radius 1 is 0.917 bits per heavy atom. The van der Waals surface area contributed by atoms with Gasteiger partial charge in [-0.05, 0) is 55.7 Å². The molecule has 0 spiro atoms. The second kappa shape index (κ2) is 12.7. The normalized spacial score (nSPS) is 10.9. The number of benzene rings is 3. The van der Waals surface area contributed by atoms with Gasteiger partial charge in [0.15, 0.2) is 11.5 Å². The molecule has 4 aromatic rings. The third kappa shape index (κ3) is 6.42. The van der Waals surface area contributed by atoms with Crippen molar-refractivity contribution >= 4 is 16.9 Å². The molecule has 0 fully saturated rings. The van der Waals surface area contributed by atoms with E-state index in [9.17, 15) is 9.18 Å². The molecule has 0 radical (unpaired) electrons. The van der Waals surface area contributed by atoms with Crippen LogP contribution in [-0.2, 0) is 13.0 Å². The zero-order valence-electron chi connectivity index (χ0n) is 20.6. The Labute approximate surface area is 211 Å². The van der Waals surface area contributed by atoms with E-state index in [-0.39, 0.29) is 11.5 Å². The first-order valence-electron chi connectivity index (χ1n) is 12.4. The highest BCUT2D eigenvalue weighted by molar-refractivity contribution is 5.94. The minimum absolute atomic E-state index is 0.0842. The average Bonchev–Trinajstić information content (AvgIpc) is 3.26. The maximum absolute atomic E-state index is 13.7. The number of hydrogen-bond donors (Lipinski definition) is 1. The number of nitrogens with zero attached hydrogens (tertiary/aromatic N) is 2. The SMILES string of the molecule is COc1ccccc1OCCCn1c(CCCCCNC(=O)c2ccccc2F)nc2ccccc21. The number of methoxy groups -OCH3 is 1. The van der Waals surface area contributed by atoms with E-state index in [1.54, 1.807) is 19.2 Å². The Morgan fingerprint density at radius 2 is 1.67 bits per heavy atom. The number of carbonyl (C=O) groups is 1. The lowest BCUT2D eigenvalue weighted by Gasteiger charge is -2.12. The van der Waals surface area contributed by atoms with Crippen molar-refractivity contribution in [3.05, 3.63) is 90.0 Å². The Bertz CT molecular complexity index is 1290. The van der Waals surface area contributed by atoms with Crippen LogP contribution in [0.4, 0.5) is 4.39 Å². The second-order valence-corrected chi connectivity index (χ2v) is 8.57. The predicted octanol–water partition coefficient (Wildman–Crippen LogP) is 5.80. The van der Waals surface area contributed by atoms with E-state index in [0.717, 1.165) is 67.0 Å². The minimum Gasteiger partial charge on any atom is -0.493 e. The molecule has 0 aliphatic carbocycles. The lowest BCUT2D eigenvalue weighted by atomic mass is 10.1. The molecule has 7 heteroatoms. The molecule has 0 saturated heterocycles. The number of hydrogen-bond acceptors (Lipinski definition) is 4. The number of ether oxygens (including phenoxy) is 2. The number of imidazole rings is 1. The lowest BCUT2D eigenvalue weighted by molar-refractivity contribution is 0.0949. The summed E-state index contributed by atoms with van der Waals surface area (Å²) >= 11 is 0. The largest absolute Gasteiger partial charge is 0.493 e. The Balaban J connectivity index is 1.26. The monoisotopic (exact) mass is 489 g/mol. The quantitative estimate of drug-likeness (QED) is 0.241. The van der Waals surface area contributed by atoms with Crippen molar-refractivity contribution in [1.82, 2.24) is 14.9 Å². The van der Waals surface area contributed by atoms with Crippen LogP contribution >= 0.6 is 0 Å². The predicted molar refractivity (Wildman–Crippen MR) is 139 cm³/mol. The maximum atomic E-state index is 13.7. The maximum Gasteiger partial charge on any atom is 0.254 e. The van der Waals surface area contributed by atoms with Gasteiger partial charge in [0, 0.05) is 19.5 Å². The van der Waals surface area contributed by atoms with Gasteiger partial charge in [0.25, 0.3) is 5.91 Å². The van der Waals surface area contributed by atoms with E-state index >= 15 is 0 Å². The van der Waals surface area contributed by atoms with Crippen LogP contribution in [0.25, 0.3) is 11.0 Å². The zero-order valence-corrected chi connectivity index (χ0v) is 20.6. The highest BCUT2D eigenvalue weighted by atomic mass is 19.1. The highest BCUT2D eigenvalue weighted by Gasteiger charge is 2.12. The van der Waals surface area contributed by atoms with Gasteiger partial charge in [-0.25, -0.2) is 9.37 Å². The number of fused-ring (bicyclic) bond motifs is 1. The fourth-order valence-electron chi connectivity index (χ4n) is 4.24. The molecule has 0 atom stereocenters. The molecule has 6 nitrogen and oxygen atoms in total. The first kappa shape index (κ1) is 25.2. The fourth-order valence-corrected chi connectivity index (χ4v) is 4.24. The van der Waals surface area contributed by atoms with E-state index in [1.165, 1.54) is 12.1 Å². The van der Waals surface area contributed by atoms with Crippen LogP contribution in [0.5, 0.6) is 11.5 Å². The number of unbranched alkanes of at least 4 members (excludes halogenated alkanes) is 2. The Morgan fingerprint density at radius 3 is 2.50 bits per heavy atom. The van der Waals surface area contributed by atoms with Crippen molar-refractivity contribution in [2.45, 2.75) is 38.6 Å². The van der Waals surface area contributed by atoms with Crippen molar-refractivity contribution < 1.29 is 18.7 Å². The molecule has 1 amide bonds. The van der Waals surface area contributed by atoms with Crippen molar-refractivity contribution in [2.75, 3.05) is 20.3 Å². The van der Waals surface area contributed by atoms with Crippen LogP contribution in [0.1, 0.15) is 41.9 Å². The molecule has 4 rings (SSSR count). The summed E-state index contributed by atoms with van der Waals surface area (Å²) in [5.41, 5.74) is 2.21. The number of aryl methyl sites for hydroxylation is 2. The van der Waals surface area contributed by atoms with Gasteiger partial charge in [0.05, 0.1) is 30.3 Å². The van der Waals surface area contributed by atoms with Crippen molar-refractivity contribution in [3.8, 4) is 11.5 Å². The van der Waals surface area contributed by atoms with Gasteiger partial charge >= 0.3 is 0 Å². The Hall–Kier alpha value is -3.87. The van der Waals surface area contributed by atoms with Gasteiger partial charge in [0.2, 0.25) is 0 Å². The number of rotatable bonds is 13. The van der Waals surface area contributed by atoms with Crippen molar-refractivity contribution in [3.63, 3.8) is 0 Å². The van der Waals surface area contributed by atoms with E-state index in [0.29, 0.717) is 13.2 Å². The summed E-state index contributed by atoms with van der Waals surface area (Å²) in [4.78, 5) is 17.0. The summed E-state index contributed by atoms with van der Waals surface area (Å²) < 4.78 is 27.3. The van der Waals surface area contributed by atoms with Gasteiger partial charge in [-0.1, -0.05) is 42.8 Å². The minimum atomic E-state index is -0.498. The van der Waals surface area contributed by atoms with E-state index in [2.05, 4.69) is 16.0 Å². The van der Waals surface area contributed by atoms with E-state index in [1.807, 2.05) is 42.5 Å². The number of halogens is 1.